The van der Waals surface area contributed by atoms with Crippen LogP contribution in [0.1, 0.15) is 27.7 Å². The largest absolute Gasteiger partial charge is 0.784 e. The van der Waals surface area contributed by atoms with Crippen LogP contribution in [0.15, 0.2) is 0 Å². The number of rotatable bonds is 4. The van der Waals surface area contributed by atoms with Crippen LogP contribution in [-0.4, -0.2) is 30.8 Å². The molecule has 0 bridgehead atoms. The summed E-state index contributed by atoms with van der Waals surface area (Å²) >= 11 is 0. The van der Waals surface area contributed by atoms with Crippen LogP contribution in [0.4, 0.5) is 0 Å². The quantitative estimate of drug-likeness (QED) is 0.622. The van der Waals surface area contributed by atoms with Gasteiger partial charge in [0.25, 0.3) is 23.9 Å². The summed E-state index contributed by atoms with van der Waals surface area (Å²) in [5.41, 5.74) is 0. The molecule has 0 aromatic carbocycles. The second-order valence-corrected chi connectivity index (χ2v) is 3.02. The molecule has 0 aliphatic heterocycles. The third kappa shape index (κ3) is 6.18. The van der Waals surface area contributed by atoms with Crippen molar-refractivity contribution in [1.82, 2.24) is 0 Å². The van der Waals surface area contributed by atoms with Crippen LogP contribution in [-0.2, 0) is 37.8 Å². The molecular formula is C8H12BO8-. The highest BCUT2D eigenvalue weighted by Gasteiger charge is 2.45. The Labute approximate surface area is 97.2 Å². The van der Waals surface area contributed by atoms with Gasteiger partial charge in [-0.1, -0.05) is 0 Å². The Kier molecular flexibility index (Phi) is 5.16. The molecular weight excluding hydrogens is 235 g/mol. The number of hydrogen-bond donors (Lipinski definition) is 0. The Morgan fingerprint density at radius 1 is 0.588 bits per heavy atom. The zero-order valence-electron chi connectivity index (χ0n) is 9.84. The minimum Gasteiger partial charge on any atom is -0.585 e. The zero-order valence-corrected chi connectivity index (χ0v) is 9.84. The van der Waals surface area contributed by atoms with E-state index in [0.717, 1.165) is 27.7 Å². The first kappa shape index (κ1) is 14.9. The van der Waals surface area contributed by atoms with Crippen molar-refractivity contribution in [2.75, 3.05) is 0 Å². The summed E-state index contributed by atoms with van der Waals surface area (Å²) in [6.45, 7) is 0.315. The van der Waals surface area contributed by atoms with Crippen LogP contribution in [0.2, 0.25) is 0 Å². The Morgan fingerprint density at radius 3 is 0.882 bits per heavy atom. The predicted octanol–water partition coefficient (Wildman–Crippen LogP) is -0.326. The molecule has 0 aromatic rings. The van der Waals surface area contributed by atoms with Gasteiger partial charge in [0, 0.05) is 27.7 Å². The van der Waals surface area contributed by atoms with E-state index in [2.05, 4.69) is 18.6 Å². The van der Waals surface area contributed by atoms with Gasteiger partial charge in [-0.2, -0.15) is 0 Å². The number of carbonyl (C=O) groups is 4. The highest BCUT2D eigenvalue weighted by Crippen LogP contribution is 2.13. The van der Waals surface area contributed by atoms with E-state index >= 15 is 0 Å². The Morgan fingerprint density at radius 2 is 0.765 bits per heavy atom. The van der Waals surface area contributed by atoms with Gasteiger partial charge < -0.3 is 18.6 Å². The smallest absolute Gasteiger partial charge is 0.585 e. The second-order valence-electron chi connectivity index (χ2n) is 3.02. The molecule has 0 aliphatic rings. The van der Waals surface area contributed by atoms with Gasteiger partial charge in [0.1, 0.15) is 0 Å². The fourth-order valence-corrected chi connectivity index (χ4v) is 0.957. The fraction of sp³-hybridized carbons (Fsp3) is 0.500. The summed E-state index contributed by atoms with van der Waals surface area (Å²) in [5, 5.41) is 0. The van der Waals surface area contributed by atoms with Crippen LogP contribution in [0.25, 0.3) is 0 Å². The van der Waals surface area contributed by atoms with Crippen LogP contribution >= 0.6 is 0 Å². The molecule has 0 N–H and O–H groups in total. The fourth-order valence-electron chi connectivity index (χ4n) is 0.957. The average molecular weight is 247 g/mol. The SMILES string of the molecule is CC(=O)O[B-](OC(C)=O)(OC(C)=O)OC(C)=O. The summed E-state index contributed by atoms with van der Waals surface area (Å²) in [6, 6.07) is 0. The van der Waals surface area contributed by atoms with Crippen LogP contribution in [0.5, 0.6) is 0 Å². The van der Waals surface area contributed by atoms with E-state index in [1.165, 1.54) is 0 Å². The maximum Gasteiger partial charge on any atom is 0.784 e. The molecule has 0 amide bonds. The van der Waals surface area contributed by atoms with Crippen molar-refractivity contribution in [1.29, 1.82) is 0 Å². The van der Waals surface area contributed by atoms with Gasteiger partial charge in [-0.25, -0.2) is 0 Å². The number of hydrogen-bond acceptors (Lipinski definition) is 8. The zero-order chi connectivity index (χ0) is 13.6. The van der Waals surface area contributed by atoms with Crippen molar-refractivity contribution in [2.24, 2.45) is 0 Å². The van der Waals surface area contributed by atoms with Crippen molar-refractivity contribution in [3.8, 4) is 0 Å². The number of carbonyl (C=O) groups excluding carboxylic acids is 4. The molecule has 0 rings (SSSR count). The predicted molar refractivity (Wildman–Crippen MR) is 52.8 cm³/mol. The van der Waals surface area contributed by atoms with Crippen LogP contribution in [0, 0.1) is 0 Å². The van der Waals surface area contributed by atoms with Gasteiger partial charge >= 0.3 is 6.96 Å². The van der Waals surface area contributed by atoms with Gasteiger partial charge in [0.05, 0.1) is 0 Å². The lowest BCUT2D eigenvalue weighted by Crippen LogP contribution is -2.53. The molecule has 9 heteroatoms. The molecule has 0 atom stereocenters. The Bertz CT molecular complexity index is 280. The van der Waals surface area contributed by atoms with Crippen molar-refractivity contribution in [3.63, 3.8) is 0 Å². The second kappa shape index (κ2) is 5.87. The summed E-state index contributed by atoms with van der Waals surface area (Å²) in [6.07, 6.45) is 0. The first-order chi connectivity index (χ1) is 7.67. The topological polar surface area (TPSA) is 105 Å². The minimum atomic E-state index is -3.55. The molecule has 0 unspecified atom stereocenters. The standard InChI is InChI=1S/C8H12BO8/c1-5(10)14-9(15-6(2)11,16-7(3)12)17-8(4)13/h1-4H3/q-1. The molecule has 0 heterocycles. The molecule has 0 aromatic heterocycles. The van der Waals surface area contributed by atoms with Gasteiger partial charge in [0.2, 0.25) is 0 Å². The first-order valence-corrected chi connectivity index (χ1v) is 4.58. The highest BCUT2D eigenvalue weighted by molar-refractivity contribution is 6.60. The summed E-state index contributed by atoms with van der Waals surface area (Å²) in [7, 11) is 0. The van der Waals surface area contributed by atoms with Gasteiger partial charge in [-0.15, -0.1) is 0 Å². The van der Waals surface area contributed by atoms with E-state index < -0.39 is 30.8 Å². The third-order valence-corrected chi connectivity index (χ3v) is 1.24. The average Bonchev–Trinajstić information content (AvgIpc) is 1.95. The van der Waals surface area contributed by atoms with Crippen molar-refractivity contribution in [2.45, 2.75) is 27.7 Å². The van der Waals surface area contributed by atoms with E-state index in [1.807, 2.05) is 0 Å². The van der Waals surface area contributed by atoms with E-state index in [9.17, 15) is 19.2 Å². The minimum absolute atomic E-state index is 0.950. The summed E-state index contributed by atoms with van der Waals surface area (Å²) in [5.74, 6) is -3.80. The van der Waals surface area contributed by atoms with Crippen molar-refractivity contribution in [3.05, 3.63) is 0 Å². The molecule has 0 spiro atoms. The van der Waals surface area contributed by atoms with Crippen molar-refractivity contribution < 1.29 is 37.8 Å². The maximum atomic E-state index is 10.8. The molecule has 0 radical (unpaired) electrons. The molecule has 17 heavy (non-hydrogen) atoms. The highest BCUT2D eigenvalue weighted by atomic mass is 16.9. The normalized spacial score (nSPS) is 10.1. The molecule has 0 aliphatic carbocycles. The lowest BCUT2D eigenvalue weighted by Gasteiger charge is -2.36. The van der Waals surface area contributed by atoms with Gasteiger partial charge in [-0.05, 0) is 0 Å². The molecule has 8 nitrogen and oxygen atoms in total. The van der Waals surface area contributed by atoms with E-state index in [4.69, 9.17) is 0 Å². The van der Waals surface area contributed by atoms with E-state index in [1.54, 1.807) is 0 Å². The molecule has 0 saturated carbocycles. The van der Waals surface area contributed by atoms with E-state index in [0.29, 0.717) is 0 Å². The monoisotopic (exact) mass is 247 g/mol. The van der Waals surface area contributed by atoms with Gasteiger partial charge in [0.15, 0.2) is 0 Å². The molecule has 0 saturated heterocycles. The summed E-state index contributed by atoms with van der Waals surface area (Å²) in [4.78, 5) is 43.3. The maximum absolute atomic E-state index is 10.8. The third-order valence-electron chi connectivity index (χ3n) is 1.24. The molecule has 96 valence electrons. The lowest BCUT2D eigenvalue weighted by molar-refractivity contribution is -0.160. The van der Waals surface area contributed by atoms with Gasteiger partial charge in [-0.3, -0.25) is 19.2 Å². The van der Waals surface area contributed by atoms with Crippen LogP contribution < -0.4 is 0 Å². The van der Waals surface area contributed by atoms with Crippen molar-refractivity contribution >= 4 is 30.8 Å². The lowest BCUT2D eigenvalue weighted by atomic mass is 10.0. The van der Waals surface area contributed by atoms with Crippen LogP contribution in [0.3, 0.4) is 0 Å². The Hall–Kier alpha value is -2.06. The Balaban J connectivity index is 5.16. The summed E-state index contributed by atoms with van der Waals surface area (Å²) < 4.78 is 17.9. The first-order valence-electron chi connectivity index (χ1n) is 4.58. The molecule has 0 fully saturated rings. The van der Waals surface area contributed by atoms with E-state index in [-0.39, 0.29) is 0 Å².